The van der Waals surface area contributed by atoms with E-state index < -0.39 is 10.0 Å². The predicted molar refractivity (Wildman–Crippen MR) is 70.0 cm³/mol. The second-order valence-electron chi connectivity index (χ2n) is 3.93. The summed E-state index contributed by atoms with van der Waals surface area (Å²) in [6.45, 7) is 3.17. The van der Waals surface area contributed by atoms with Gasteiger partial charge in [0.05, 0.1) is 4.90 Å². The highest BCUT2D eigenvalue weighted by Crippen LogP contribution is 2.16. The molecule has 19 heavy (non-hydrogen) atoms. The Kier molecular flexibility index (Phi) is 3.87. The second kappa shape index (κ2) is 5.41. The zero-order valence-electron chi connectivity index (χ0n) is 10.5. The average Bonchev–Trinajstić information content (AvgIpc) is 2.83. The maximum absolute atomic E-state index is 11.1. The Hall–Kier alpha value is -1.86. The molecular weight excluding hydrogens is 266 g/mol. The van der Waals surface area contributed by atoms with Crippen LogP contribution in [0.4, 0.5) is 0 Å². The highest BCUT2D eigenvalue weighted by molar-refractivity contribution is 7.89. The molecule has 0 aliphatic rings. The summed E-state index contributed by atoms with van der Waals surface area (Å²) in [7, 11) is -3.66. The lowest BCUT2D eigenvalue weighted by Crippen LogP contribution is -2.11. The van der Waals surface area contributed by atoms with E-state index in [4.69, 9.17) is 9.88 Å². The predicted octanol–water partition coefficient (Wildman–Crippen LogP) is 1.13. The third-order valence-electron chi connectivity index (χ3n) is 2.66. The van der Waals surface area contributed by atoms with Crippen LogP contribution in [-0.2, 0) is 23.2 Å². The topological polar surface area (TPSA) is 87.2 Å². The first-order valence-electron chi connectivity index (χ1n) is 5.76. The smallest absolute Gasteiger partial charge is 0.238 e. The van der Waals surface area contributed by atoms with Crippen molar-refractivity contribution in [3.8, 4) is 5.75 Å². The van der Waals surface area contributed by atoms with Crippen molar-refractivity contribution in [2.24, 2.45) is 5.14 Å². The van der Waals surface area contributed by atoms with E-state index >= 15 is 0 Å². The van der Waals surface area contributed by atoms with Crippen LogP contribution in [0.5, 0.6) is 5.75 Å². The molecule has 102 valence electrons. The minimum Gasteiger partial charge on any atom is -0.486 e. The number of aryl methyl sites for hydroxylation is 1. The SMILES string of the molecule is CCn1ccnc1COc1ccc(S(N)(=O)=O)cc1. The number of benzene rings is 1. The molecule has 0 unspecified atom stereocenters. The van der Waals surface area contributed by atoms with Gasteiger partial charge < -0.3 is 9.30 Å². The Balaban J connectivity index is 2.05. The lowest BCUT2D eigenvalue weighted by atomic mass is 10.3. The normalized spacial score (nSPS) is 11.5. The third-order valence-corrected chi connectivity index (χ3v) is 3.59. The maximum Gasteiger partial charge on any atom is 0.238 e. The molecule has 7 heteroatoms. The first-order chi connectivity index (χ1) is 9.00. The molecule has 0 amide bonds. The van der Waals surface area contributed by atoms with E-state index in [9.17, 15) is 8.42 Å². The lowest BCUT2D eigenvalue weighted by molar-refractivity contribution is 0.290. The number of ether oxygens (including phenoxy) is 1. The molecule has 2 N–H and O–H groups in total. The van der Waals surface area contributed by atoms with Gasteiger partial charge in [0.15, 0.2) is 0 Å². The van der Waals surface area contributed by atoms with Crippen molar-refractivity contribution >= 4 is 10.0 Å². The summed E-state index contributed by atoms with van der Waals surface area (Å²) >= 11 is 0. The molecule has 0 atom stereocenters. The van der Waals surface area contributed by atoms with Gasteiger partial charge in [-0.1, -0.05) is 0 Å². The van der Waals surface area contributed by atoms with Crippen molar-refractivity contribution in [3.05, 3.63) is 42.5 Å². The van der Waals surface area contributed by atoms with E-state index in [1.54, 1.807) is 18.3 Å². The number of nitrogens with zero attached hydrogens (tertiary/aromatic N) is 2. The molecule has 0 aliphatic heterocycles. The molecule has 0 spiro atoms. The van der Waals surface area contributed by atoms with Gasteiger partial charge in [-0.15, -0.1) is 0 Å². The van der Waals surface area contributed by atoms with Crippen LogP contribution >= 0.6 is 0 Å². The highest BCUT2D eigenvalue weighted by Gasteiger charge is 2.07. The maximum atomic E-state index is 11.1. The van der Waals surface area contributed by atoms with Crippen LogP contribution in [0, 0.1) is 0 Å². The summed E-state index contributed by atoms with van der Waals surface area (Å²) in [5, 5.41) is 5.01. The van der Waals surface area contributed by atoms with Crippen molar-refractivity contribution in [2.45, 2.75) is 25.0 Å². The van der Waals surface area contributed by atoms with Gasteiger partial charge in [0, 0.05) is 18.9 Å². The van der Waals surface area contributed by atoms with Gasteiger partial charge in [-0.05, 0) is 31.2 Å². The van der Waals surface area contributed by atoms with E-state index in [2.05, 4.69) is 4.98 Å². The molecule has 0 saturated heterocycles. The van der Waals surface area contributed by atoms with E-state index in [0.717, 1.165) is 12.4 Å². The fourth-order valence-corrected chi connectivity index (χ4v) is 2.16. The first-order valence-corrected chi connectivity index (χ1v) is 7.31. The van der Waals surface area contributed by atoms with Crippen molar-refractivity contribution in [2.75, 3.05) is 0 Å². The van der Waals surface area contributed by atoms with Gasteiger partial charge in [0.2, 0.25) is 10.0 Å². The van der Waals surface area contributed by atoms with Gasteiger partial charge in [-0.25, -0.2) is 18.5 Å². The third kappa shape index (κ3) is 3.33. The summed E-state index contributed by atoms with van der Waals surface area (Å²) in [6, 6.07) is 5.96. The van der Waals surface area contributed by atoms with Crippen LogP contribution in [0.1, 0.15) is 12.7 Å². The largest absolute Gasteiger partial charge is 0.486 e. The van der Waals surface area contributed by atoms with Gasteiger partial charge in [0.1, 0.15) is 18.2 Å². The van der Waals surface area contributed by atoms with Crippen molar-refractivity contribution in [1.29, 1.82) is 0 Å². The first kappa shape index (κ1) is 13.6. The molecule has 1 heterocycles. The second-order valence-corrected chi connectivity index (χ2v) is 5.50. The van der Waals surface area contributed by atoms with E-state index in [1.807, 2.05) is 17.7 Å². The summed E-state index contributed by atoms with van der Waals surface area (Å²) in [5.74, 6) is 1.39. The minimum atomic E-state index is -3.66. The summed E-state index contributed by atoms with van der Waals surface area (Å²) in [6.07, 6.45) is 3.59. The molecule has 1 aromatic heterocycles. The fourth-order valence-electron chi connectivity index (χ4n) is 1.64. The molecule has 0 aliphatic carbocycles. The molecule has 6 nitrogen and oxygen atoms in total. The molecular formula is C12H15N3O3S. The van der Waals surface area contributed by atoms with E-state index in [1.165, 1.54) is 12.1 Å². The minimum absolute atomic E-state index is 0.0647. The number of rotatable bonds is 5. The molecule has 0 saturated carbocycles. The number of sulfonamides is 1. The number of primary sulfonamides is 1. The molecule has 0 bridgehead atoms. The summed E-state index contributed by atoms with van der Waals surface area (Å²) in [4.78, 5) is 4.25. The Morgan fingerprint density at radius 2 is 2.00 bits per heavy atom. The van der Waals surface area contributed by atoms with Crippen molar-refractivity contribution < 1.29 is 13.2 Å². The van der Waals surface area contributed by atoms with Crippen molar-refractivity contribution in [3.63, 3.8) is 0 Å². The quantitative estimate of drug-likeness (QED) is 0.890. The molecule has 2 aromatic rings. The van der Waals surface area contributed by atoms with Gasteiger partial charge in [0.25, 0.3) is 0 Å². The average molecular weight is 281 g/mol. The van der Waals surface area contributed by atoms with E-state index in [0.29, 0.717) is 12.4 Å². The zero-order valence-corrected chi connectivity index (χ0v) is 11.3. The molecule has 0 radical (unpaired) electrons. The molecule has 0 fully saturated rings. The Bertz CT molecular complexity index is 647. The van der Waals surface area contributed by atoms with Crippen LogP contribution in [0.2, 0.25) is 0 Å². The lowest BCUT2D eigenvalue weighted by Gasteiger charge is -2.08. The van der Waals surface area contributed by atoms with Gasteiger partial charge in [-0.3, -0.25) is 0 Å². The Labute approximate surface area is 111 Å². The highest BCUT2D eigenvalue weighted by atomic mass is 32.2. The van der Waals surface area contributed by atoms with Crippen LogP contribution in [0.25, 0.3) is 0 Å². The summed E-state index contributed by atoms with van der Waals surface area (Å²) in [5.41, 5.74) is 0. The number of imidazole rings is 1. The van der Waals surface area contributed by atoms with Crippen LogP contribution in [0.3, 0.4) is 0 Å². The zero-order chi connectivity index (χ0) is 13.9. The van der Waals surface area contributed by atoms with Crippen LogP contribution in [0.15, 0.2) is 41.6 Å². The number of aromatic nitrogens is 2. The molecule has 2 rings (SSSR count). The van der Waals surface area contributed by atoms with Gasteiger partial charge in [-0.2, -0.15) is 0 Å². The van der Waals surface area contributed by atoms with Crippen LogP contribution in [-0.4, -0.2) is 18.0 Å². The Morgan fingerprint density at radius 3 is 2.58 bits per heavy atom. The number of nitrogens with two attached hydrogens (primary N) is 1. The summed E-state index contributed by atoms with van der Waals surface area (Å²) < 4.78 is 29.7. The van der Waals surface area contributed by atoms with E-state index in [-0.39, 0.29) is 4.90 Å². The standard InChI is InChI=1S/C12H15N3O3S/c1-2-15-8-7-14-12(15)9-18-10-3-5-11(6-4-10)19(13,16)17/h3-8H,2,9H2,1H3,(H2,13,16,17). The monoisotopic (exact) mass is 281 g/mol. The Morgan fingerprint density at radius 1 is 1.32 bits per heavy atom. The fraction of sp³-hybridized carbons (Fsp3) is 0.250. The number of hydrogen-bond acceptors (Lipinski definition) is 4. The van der Waals surface area contributed by atoms with Crippen LogP contribution < -0.4 is 9.88 Å². The number of hydrogen-bond donors (Lipinski definition) is 1. The van der Waals surface area contributed by atoms with Crippen molar-refractivity contribution in [1.82, 2.24) is 9.55 Å². The molecule has 1 aromatic carbocycles. The van der Waals surface area contributed by atoms with Gasteiger partial charge >= 0.3 is 0 Å².